The fraction of sp³-hybridized carbons (Fsp3) is 0.294. The summed E-state index contributed by atoms with van der Waals surface area (Å²) in [5, 5.41) is 3.18. The Bertz CT molecular complexity index is 851. The molecule has 1 aromatic carbocycles. The molecule has 2 aromatic rings. The first-order valence-electron chi connectivity index (χ1n) is 7.69. The van der Waals surface area contributed by atoms with Gasteiger partial charge in [-0.3, -0.25) is 9.69 Å². The van der Waals surface area contributed by atoms with E-state index in [9.17, 15) is 9.59 Å². The number of benzene rings is 1. The zero-order chi connectivity index (χ0) is 17.6. The minimum atomic E-state index is -1.23. The number of amides is 3. The van der Waals surface area contributed by atoms with Gasteiger partial charge in [0.05, 0.1) is 19.4 Å². The topological polar surface area (TPSA) is 81.0 Å². The number of rotatable bonds is 3. The summed E-state index contributed by atoms with van der Waals surface area (Å²) >= 11 is 6.15. The van der Waals surface area contributed by atoms with E-state index in [0.29, 0.717) is 28.7 Å². The number of urea groups is 1. The Balaban J connectivity index is 1.67. The highest BCUT2D eigenvalue weighted by Gasteiger charge is 2.51. The largest absolute Gasteiger partial charge is 0.467 e. The van der Waals surface area contributed by atoms with Gasteiger partial charge in [-0.05, 0) is 31.2 Å². The zero-order valence-electron chi connectivity index (χ0n) is 13.4. The Morgan fingerprint density at radius 2 is 2.20 bits per heavy atom. The highest BCUT2D eigenvalue weighted by molar-refractivity contribution is 6.30. The number of furan rings is 1. The van der Waals surface area contributed by atoms with E-state index in [1.165, 1.54) is 6.26 Å². The van der Waals surface area contributed by atoms with Crippen LogP contribution in [0.5, 0.6) is 5.75 Å². The third-order valence-electron chi connectivity index (χ3n) is 4.37. The lowest BCUT2D eigenvalue weighted by Gasteiger charge is -2.23. The SMILES string of the molecule is CC1(c2ccco2)NC(=O)N(Cc2cc(Cl)cc3c2OCOC3)C1=O. The fourth-order valence-corrected chi connectivity index (χ4v) is 3.38. The molecule has 1 atom stereocenters. The molecule has 3 amide bonds. The van der Waals surface area contributed by atoms with Crippen molar-refractivity contribution in [3.8, 4) is 5.75 Å². The second kappa shape index (κ2) is 5.79. The molecule has 0 spiro atoms. The second-order valence-electron chi connectivity index (χ2n) is 6.09. The lowest BCUT2D eigenvalue weighted by atomic mass is 9.99. The van der Waals surface area contributed by atoms with Crippen LogP contribution in [0.1, 0.15) is 23.8 Å². The van der Waals surface area contributed by atoms with Crippen molar-refractivity contribution in [1.29, 1.82) is 0 Å². The molecule has 1 unspecified atom stereocenters. The molecule has 3 heterocycles. The van der Waals surface area contributed by atoms with Gasteiger partial charge in [-0.15, -0.1) is 0 Å². The molecular weight excluding hydrogens is 348 g/mol. The molecule has 1 saturated heterocycles. The minimum Gasteiger partial charge on any atom is -0.467 e. The third-order valence-corrected chi connectivity index (χ3v) is 4.59. The summed E-state index contributed by atoms with van der Waals surface area (Å²) in [6.07, 6.45) is 1.46. The molecule has 0 aliphatic carbocycles. The van der Waals surface area contributed by atoms with Crippen molar-refractivity contribution in [3.05, 3.63) is 52.4 Å². The quantitative estimate of drug-likeness (QED) is 0.849. The lowest BCUT2D eigenvalue weighted by Crippen LogP contribution is -2.40. The molecular formula is C17H15ClN2O5. The number of hydrogen-bond acceptors (Lipinski definition) is 5. The van der Waals surface area contributed by atoms with Crippen molar-refractivity contribution >= 4 is 23.5 Å². The first-order valence-corrected chi connectivity index (χ1v) is 8.07. The molecule has 25 heavy (non-hydrogen) atoms. The number of nitrogens with zero attached hydrogens (tertiary/aromatic N) is 1. The van der Waals surface area contributed by atoms with Crippen LogP contribution in [0, 0.1) is 0 Å². The monoisotopic (exact) mass is 362 g/mol. The van der Waals surface area contributed by atoms with E-state index >= 15 is 0 Å². The summed E-state index contributed by atoms with van der Waals surface area (Å²) in [5.41, 5.74) is 0.205. The molecule has 1 fully saturated rings. The molecule has 4 rings (SSSR count). The highest BCUT2D eigenvalue weighted by atomic mass is 35.5. The Kier molecular flexibility index (Phi) is 3.70. The van der Waals surface area contributed by atoms with Gasteiger partial charge in [0, 0.05) is 16.1 Å². The minimum absolute atomic E-state index is 0.0455. The molecule has 0 radical (unpaired) electrons. The van der Waals surface area contributed by atoms with E-state index < -0.39 is 17.5 Å². The zero-order valence-corrected chi connectivity index (χ0v) is 14.1. The highest BCUT2D eigenvalue weighted by Crippen LogP contribution is 2.35. The van der Waals surface area contributed by atoms with Crippen molar-refractivity contribution < 1.29 is 23.5 Å². The van der Waals surface area contributed by atoms with E-state index in [-0.39, 0.29) is 13.3 Å². The van der Waals surface area contributed by atoms with Crippen LogP contribution in [0.4, 0.5) is 4.79 Å². The molecule has 0 saturated carbocycles. The number of fused-ring (bicyclic) bond motifs is 1. The molecule has 1 N–H and O–H groups in total. The van der Waals surface area contributed by atoms with E-state index in [0.717, 1.165) is 10.5 Å². The molecule has 2 aliphatic rings. The summed E-state index contributed by atoms with van der Waals surface area (Å²) in [4.78, 5) is 26.4. The number of carbonyl (C=O) groups excluding carboxylic acids is 2. The van der Waals surface area contributed by atoms with Crippen LogP contribution in [0.3, 0.4) is 0 Å². The van der Waals surface area contributed by atoms with Crippen LogP contribution in [0.2, 0.25) is 5.02 Å². The fourth-order valence-electron chi connectivity index (χ4n) is 3.12. The predicted octanol–water partition coefficient (Wildman–Crippen LogP) is 2.77. The molecule has 8 heteroatoms. The van der Waals surface area contributed by atoms with Crippen LogP contribution in [-0.4, -0.2) is 23.6 Å². The van der Waals surface area contributed by atoms with Gasteiger partial charge in [0.15, 0.2) is 12.3 Å². The number of hydrogen-bond donors (Lipinski definition) is 1. The summed E-state index contributed by atoms with van der Waals surface area (Å²) in [5.74, 6) is 0.585. The first-order chi connectivity index (χ1) is 12.0. The number of halogens is 1. The average molecular weight is 363 g/mol. The number of carbonyl (C=O) groups is 2. The third kappa shape index (κ3) is 2.56. The Hall–Kier alpha value is -2.51. The van der Waals surface area contributed by atoms with E-state index in [4.69, 9.17) is 25.5 Å². The first kappa shape index (κ1) is 16.0. The smallest absolute Gasteiger partial charge is 0.325 e. The molecule has 2 aliphatic heterocycles. The van der Waals surface area contributed by atoms with Crippen LogP contribution < -0.4 is 10.1 Å². The van der Waals surface area contributed by atoms with Gasteiger partial charge in [-0.1, -0.05) is 11.6 Å². The van der Waals surface area contributed by atoms with E-state index in [2.05, 4.69) is 5.32 Å². The summed E-state index contributed by atoms with van der Waals surface area (Å²) in [7, 11) is 0. The van der Waals surface area contributed by atoms with Crippen molar-refractivity contribution in [1.82, 2.24) is 10.2 Å². The van der Waals surface area contributed by atoms with E-state index in [1.807, 2.05) is 0 Å². The van der Waals surface area contributed by atoms with Crippen LogP contribution in [-0.2, 0) is 28.2 Å². The number of nitrogens with one attached hydrogen (secondary N) is 1. The number of imide groups is 1. The van der Waals surface area contributed by atoms with Gasteiger partial charge in [0.1, 0.15) is 11.5 Å². The molecule has 0 bridgehead atoms. The van der Waals surface area contributed by atoms with Crippen molar-refractivity contribution in [2.75, 3.05) is 6.79 Å². The van der Waals surface area contributed by atoms with Gasteiger partial charge in [0.25, 0.3) is 5.91 Å². The summed E-state index contributed by atoms with van der Waals surface area (Å²) in [6, 6.07) is 6.27. The lowest BCUT2D eigenvalue weighted by molar-refractivity contribution is -0.132. The standard InChI is InChI=1S/C17H15ClN2O5/c1-17(13-3-2-4-24-13)15(21)20(16(22)19-17)7-10-5-12(18)6-11-8-23-9-25-14(10)11/h2-6H,7-9H2,1H3,(H,19,22). The van der Waals surface area contributed by atoms with E-state index in [1.54, 1.807) is 31.2 Å². The van der Waals surface area contributed by atoms with Crippen LogP contribution in [0.15, 0.2) is 34.9 Å². The summed E-state index contributed by atoms with van der Waals surface area (Å²) < 4.78 is 16.1. The van der Waals surface area contributed by atoms with Gasteiger partial charge in [0.2, 0.25) is 0 Å². The molecule has 130 valence electrons. The average Bonchev–Trinajstić information content (AvgIpc) is 3.19. The normalized spacial score (nSPS) is 22.6. The number of ether oxygens (including phenoxy) is 2. The maximum absolute atomic E-state index is 12.9. The maximum Gasteiger partial charge on any atom is 0.325 e. The Morgan fingerprint density at radius 3 is 2.96 bits per heavy atom. The Labute approximate surface area is 148 Å². The van der Waals surface area contributed by atoms with Crippen molar-refractivity contribution in [3.63, 3.8) is 0 Å². The second-order valence-corrected chi connectivity index (χ2v) is 6.52. The molecule has 7 nitrogen and oxygen atoms in total. The predicted molar refractivity (Wildman–Crippen MR) is 86.9 cm³/mol. The van der Waals surface area contributed by atoms with Crippen LogP contribution >= 0.6 is 11.6 Å². The summed E-state index contributed by atoms with van der Waals surface area (Å²) in [6.45, 7) is 2.15. The molecule has 1 aromatic heterocycles. The van der Waals surface area contributed by atoms with Gasteiger partial charge >= 0.3 is 6.03 Å². The van der Waals surface area contributed by atoms with Crippen molar-refractivity contribution in [2.24, 2.45) is 0 Å². The van der Waals surface area contributed by atoms with Gasteiger partial charge in [-0.25, -0.2) is 4.79 Å². The van der Waals surface area contributed by atoms with Crippen molar-refractivity contribution in [2.45, 2.75) is 25.6 Å². The van der Waals surface area contributed by atoms with Gasteiger partial charge in [-0.2, -0.15) is 0 Å². The van der Waals surface area contributed by atoms with Gasteiger partial charge < -0.3 is 19.2 Å². The maximum atomic E-state index is 12.9. The Morgan fingerprint density at radius 1 is 1.36 bits per heavy atom. The van der Waals surface area contributed by atoms with Crippen LogP contribution in [0.25, 0.3) is 0 Å².